The van der Waals surface area contributed by atoms with Crippen molar-refractivity contribution in [1.82, 2.24) is 0 Å². The molecule has 1 aliphatic rings. The zero-order chi connectivity index (χ0) is 10.4. The molecule has 0 fully saturated rings. The highest BCUT2D eigenvalue weighted by molar-refractivity contribution is 6.01. The first kappa shape index (κ1) is 8.53. The van der Waals surface area contributed by atoms with E-state index in [0.717, 1.165) is 23.8 Å². The fraction of sp³-hybridized carbons (Fsp3) is 0.250. The van der Waals surface area contributed by atoms with Crippen LogP contribution in [0.5, 0.6) is 5.75 Å². The number of phenolic OH excluding ortho intramolecular Hbond substituents is 1. The molecule has 0 radical (unpaired) electrons. The van der Waals surface area contributed by atoms with Crippen LogP contribution in [0.15, 0.2) is 22.6 Å². The van der Waals surface area contributed by atoms with Gasteiger partial charge in [-0.1, -0.05) is 0 Å². The lowest BCUT2D eigenvalue weighted by atomic mass is 9.95. The maximum Gasteiger partial charge on any atom is 0.198 e. The highest BCUT2D eigenvalue weighted by Crippen LogP contribution is 2.33. The van der Waals surface area contributed by atoms with Gasteiger partial charge in [0.1, 0.15) is 11.3 Å². The average Bonchev–Trinajstić information content (AvgIpc) is 2.58. The predicted molar refractivity (Wildman–Crippen MR) is 55.1 cm³/mol. The molecule has 1 aromatic heterocycles. The van der Waals surface area contributed by atoms with Crippen LogP contribution < -0.4 is 0 Å². The third-order valence-corrected chi connectivity index (χ3v) is 2.86. The van der Waals surface area contributed by atoms with Crippen LogP contribution in [0.4, 0.5) is 0 Å². The summed E-state index contributed by atoms with van der Waals surface area (Å²) in [6.07, 6.45) is 2.30. The van der Waals surface area contributed by atoms with Crippen molar-refractivity contribution in [3.63, 3.8) is 0 Å². The number of rotatable bonds is 0. The topological polar surface area (TPSA) is 50.4 Å². The lowest BCUT2D eigenvalue weighted by molar-refractivity contribution is 0.0946. The molecule has 3 nitrogen and oxygen atoms in total. The summed E-state index contributed by atoms with van der Waals surface area (Å²) < 4.78 is 5.50. The SMILES string of the molecule is O=C1CCCc2c1oc1ccc(O)cc21. The van der Waals surface area contributed by atoms with Crippen molar-refractivity contribution in [1.29, 1.82) is 0 Å². The van der Waals surface area contributed by atoms with Gasteiger partial charge in [-0.2, -0.15) is 0 Å². The van der Waals surface area contributed by atoms with Crippen molar-refractivity contribution < 1.29 is 14.3 Å². The fourth-order valence-corrected chi connectivity index (χ4v) is 2.15. The second-order valence-corrected chi connectivity index (χ2v) is 3.87. The van der Waals surface area contributed by atoms with Crippen LogP contribution in [-0.4, -0.2) is 10.9 Å². The van der Waals surface area contributed by atoms with E-state index in [4.69, 9.17) is 4.42 Å². The number of hydrogen-bond donors (Lipinski definition) is 1. The molecule has 1 N–H and O–H groups in total. The smallest absolute Gasteiger partial charge is 0.198 e. The van der Waals surface area contributed by atoms with E-state index in [1.165, 1.54) is 0 Å². The Bertz CT molecular complexity index is 551. The van der Waals surface area contributed by atoms with Crippen molar-refractivity contribution >= 4 is 16.8 Å². The highest BCUT2D eigenvalue weighted by Gasteiger charge is 2.24. The first-order valence-corrected chi connectivity index (χ1v) is 5.03. The summed E-state index contributed by atoms with van der Waals surface area (Å²) in [6, 6.07) is 4.94. The second kappa shape index (κ2) is 2.86. The molecular formula is C12H10O3. The zero-order valence-corrected chi connectivity index (χ0v) is 8.12. The van der Waals surface area contributed by atoms with E-state index in [9.17, 15) is 9.90 Å². The van der Waals surface area contributed by atoms with Gasteiger partial charge < -0.3 is 9.52 Å². The van der Waals surface area contributed by atoms with Gasteiger partial charge >= 0.3 is 0 Å². The quantitative estimate of drug-likeness (QED) is 0.714. The molecule has 0 aliphatic heterocycles. The Balaban J connectivity index is 2.36. The zero-order valence-electron chi connectivity index (χ0n) is 8.12. The van der Waals surface area contributed by atoms with E-state index < -0.39 is 0 Å². The number of hydrogen-bond acceptors (Lipinski definition) is 3. The normalized spacial score (nSPS) is 15.6. The molecule has 3 rings (SSSR count). The molecule has 0 saturated carbocycles. The number of benzene rings is 1. The fourth-order valence-electron chi connectivity index (χ4n) is 2.15. The van der Waals surface area contributed by atoms with E-state index in [-0.39, 0.29) is 11.5 Å². The van der Waals surface area contributed by atoms with Gasteiger partial charge in [0.25, 0.3) is 0 Å². The molecule has 1 aromatic carbocycles. The van der Waals surface area contributed by atoms with Crippen LogP contribution >= 0.6 is 0 Å². The molecule has 0 unspecified atom stereocenters. The van der Waals surface area contributed by atoms with Crippen LogP contribution in [0.1, 0.15) is 29.0 Å². The molecule has 1 heterocycles. The lowest BCUT2D eigenvalue weighted by Crippen LogP contribution is -2.07. The van der Waals surface area contributed by atoms with Gasteiger partial charge in [0.15, 0.2) is 11.5 Å². The van der Waals surface area contributed by atoms with Crippen molar-refractivity contribution in [2.45, 2.75) is 19.3 Å². The summed E-state index contributed by atoms with van der Waals surface area (Å²) in [4.78, 5) is 11.6. The Labute approximate surface area is 86.3 Å². The maximum absolute atomic E-state index is 11.6. The second-order valence-electron chi connectivity index (χ2n) is 3.87. The summed E-state index contributed by atoms with van der Waals surface area (Å²) in [5.74, 6) is 0.776. The number of ketones is 1. The van der Waals surface area contributed by atoms with Crippen LogP contribution in [0.2, 0.25) is 0 Å². The summed E-state index contributed by atoms with van der Waals surface area (Å²) in [7, 11) is 0. The van der Waals surface area contributed by atoms with E-state index in [0.29, 0.717) is 17.8 Å². The molecular weight excluding hydrogens is 192 g/mol. The number of fused-ring (bicyclic) bond motifs is 3. The van der Waals surface area contributed by atoms with Crippen molar-refractivity contribution in [2.24, 2.45) is 0 Å². The standard InChI is InChI=1S/C12H10O3/c13-7-4-5-11-9(6-7)8-2-1-3-10(14)12(8)15-11/h4-6,13H,1-3H2. The maximum atomic E-state index is 11.6. The van der Waals surface area contributed by atoms with Gasteiger partial charge in [-0.05, 0) is 31.0 Å². The third-order valence-electron chi connectivity index (χ3n) is 2.86. The van der Waals surface area contributed by atoms with Crippen LogP contribution in [0.25, 0.3) is 11.0 Å². The van der Waals surface area contributed by atoms with Gasteiger partial charge in [0.05, 0.1) is 0 Å². The Hall–Kier alpha value is -1.77. The lowest BCUT2D eigenvalue weighted by Gasteiger charge is -2.07. The van der Waals surface area contributed by atoms with Gasteiger partial charge in [0, 0.05) is 17.4 Å². The van der Waals surface area contributed by atoms with Gasteiger partial charge in [0.2, 0.25) is 0 Å². The van der Waals surface area contributed by atoms with E-state index >= 15 is 0 Å². The molecule has 0 bridgehead atoms. The molecule has 15 heavy (non-hydrogen) atoms. The molecule has 0 saturated heterocycles. The minimum absolute atomic E-state index is 0.0759. The molecule has 2 aromatic rings. The molecule has 1 aliphatic carbocycles. The molecule has 0 atom stereocenters. The van der Waals surface area contributed by atoms with Crippen molar-refractivity contribution in [3.8, 4) is 5.75 Å². The Morgan fingerprint density at radius 2 is 2.13 bits per heavy atom. The number of aromatic hydroxyl groups is 1. The summed E-state index contributed by atoms with van der Waals surface area (Å²) in [5.41, 5.74) is 1.64. The summed E-state index contributed by atoms with van der Waals surface area (Å²) >= 11 is 0. The number of furan rings is 1. The third kappa shape index (κ3) is 1.16. The molecule has 76 valence electrons. The Morgan fingerprint density at radius 1 is 1.27 bits per heavy atom. The molecule has 3 heteroatoms. The number of phenols is 1. The van der Waals surface area contributed by atoms with Crippen molar-refractivity contribution in [2.75, 3.05) is 0 Å². The van der Waals surface area contributed by atoms with Crippen molar-refractivity contribution in [3.05, 3.63) is 29.5 Å². The largest absolute Gasteiger partial charge is 0.508 e. The Kier molecular flexibility index (Phi) is 1.63. The Morgan fingerprint density at radius 3 is 3.00 bits per heavy atom. The van der Waals surface area contributed by atoms with E-state index in [1.54, 1.807) is 18.2 Å². The molecule has 0 amide bonds. The van der Waals surface area contributed by atoms with Gasteiger partial charge in [-0.15, -0.1) is 0 Å². The number of carbonyl (C=O) groups is 1. The average molecular weight is 202 g/mol. The monoisotopic (exact) mass is 202 g/mol. The first-order valence-electron chi connectivity index (χ1n) is 5.03. The highest BCUT2D eigenvalue weighted by atomic mass is 16.3. The van der Waals surface area contributed by atoms with Crippen LogP contribution in [0.3, 0.4) is 0 Å². The first-order chi connectivity index (χ1) is 7.25. The van der Waals surface area contributed by atoms with Gasteiger partial charge in [-0.3, -0.25) is 4.79 Å². The number of aryl methyl sites for hydroxylation is 1. The summed E-state index contributed by atoms with van der Waals surface area (Å²) in [6.45, 7) is 0. The predicted octanol–water partition coefficient (Wildman–Crippen LogP) is 2.66. The van der Waals surface area contributed by atoms with E-state index in [1.807, 2.05) is 0 Å². The van der Waals surface area contributed by atoms with Crippen LogP contribution in [0, 0.1) is 0 Å². The summed E-state index contributed by atoms with van der Waals surface area (Å²) in [5, 5.41) is 10.3. The minimum atomic E-state index is 0.0759. The van der Waals surface area contributed by atoms with E-state index in [2.05, 4.69) is 0 Å². The van der Waals surface area contributed by atoms with Gasteiger partial charge in [-0.25, -0.2) is 0 Å². The molecule has 0 spiro atoms. The number of carbonyl (C=O) groups excluding carboxylic acids is 1. The van der Waals surface area contributed by atoms with Crippen LogP contribution in [-0.2, 0) is 6.42 Å². The minimum Gasteiger partial charge on any atom is -0.508 e. The number of Topliss-reactive ketones (excluding diaryl/α,β-unsaturated/α-hetero) is 1.